The van der Waals surface area contributed by atoms with Crippen LogP contribution in [0.3, 0.4) is 0 Å². The van der Waals surface area contributed by atoms with E-state index in [-0.39, 0.29) is 0 Å². The van der Waals surface area contributed by atoms with Gasteiger partial charge in [-0.25, -0.2) is 4.99 Å². The summed E-state index contributed by atoms with van der Waals surface area (Å²) in [6.07, 6.45) is 2.21. The highest BCUT2D eigenvalue weighted by Gasteiger charge is 2.16. The second-order valence-electron chi connectivity index (χ2n) is 3.35. The first-order valence-electron chi connectivity index (χ1n) is 4.80. The van der Waals surface area contributed by atoms with Crippen LogP contribution >= 0.6 is 11.6 Å². The molecule has 0 spiro atoms. The van der Waals surface area contributed by atoms with Crippen molar-refractivity contribution in [2.45, 2.75) is 12.8 Å². The second-order valence-corrected chi connectivity index (χ2v) is 3.79. The highest BCUT2D eigenvalue weighted by Crippen LogP contribution is 2.21. The maximum absolute atomic E-state index is 10.8. The predicted molar refractivity (Wildman–Crippen MR) is 60.1 cm³/mol. The maximum Gasteiger partial charge on any atom is 0.170 e. The van der Waals surface area contributed by atoms with Crippen molar-refractivity contribution in [1.82, 2.24) is 4.90 Å². The molecule has 84 valence electrons. The summed E-state index contributed by atoms with van der Waals surface area (Å²) in [5.74, 6) is 0. The lowest BCUT2D eigenvalue weighted by Gasteiger charge is -2.25. The van der Waals surface area contributed by atoms with Gasteiger partial charge < -0.3 is 9.64 Å². The monoisotopic (exact) mass is 230 g/mol. The van der Waals surface area contributed by atoms with E-state index in [0.717, 1.165) is 24.9 Å². The van der Waals surface area contributed by atoms with Gasteiger partial charge in [0.2, 0.25) is 0 Å². The van der Waals surface area contributed by atoms with E-state index in [9.17, 15) is 4.79 Å². The fourth-order valence-corrected chi connectivity index (χ4v) is 1.63. The molecular weight excluding hydrogens is 216 g/mol. The summed E-state index contributed by atoms with van der Waals surface area (Å²) in [5, 5.41) is 0.501. The summed E-state index contributed by atoms with van der Waals surface area (Å²) in [7, 11) is 3.57. The third-order valence-corrected chi connectivity index (χ3v) is 2.58. The minimum Gasteiger partial charge on any atom is -0.383 e. The van der Waals surface area contributed by atoms with E-state index in [4.69, 9.17) is 16.3 Å². The number of allylic oxidation sites excluding steroid dienone is 2. The highest BCUT2D eigenvalue weighted by atomic mass is 35.5. The van der Waals surface area contributed by atoms with Gasteiger partial charge in [-0.2, -0.15) is 0 Å². The zero-order valence-corrected chi connectivity index (χ0v) is 9.75. The van der Waals surface area contributed by atoms with Crippen molar-refractivity contribution in [2.24, 2.45) is 4.99 Å². The number of nitrogens with zero attached hydrogens (tertiary/aromatic N) is 2. The molecule has 0 saturated carbocycles. The lowest BCUT2D eigenvalue weighted by Crippen LogP contribution is -2.25. The van der Waals surface area contributed by atoms with E-state index >= 15 is 0 Å². The van der Waals surface area contributed by atoms with Crippen molar-refractivity contribution < 1.29 is 9.53 Å². The molecule has 1 aliphatic heterocycles. The molecule has 5 heteroatoms. The van der Waals surface area contributed by atoms with Crippen LogP contribution in [0.4, 0.5) is 0 Å². The molecule has 0 radical (unpaired) electrons. The zero-order chi connectivity index (χ0) is 11.3. The molecule has 0 unspecified atom stereocenters. The molecule has 0 N–H and O–H groups in total. The lowest BCUT2D eigenvalue weighted by molar-refractivity contribution is -0.105. The van der Waals surface area contributed by atoms with Gasteiger partial charge in [-0.1, -0.05) is 11.6 Å². The van der Waals surface area contributed by atoms with Gasteiger partial charge >= 0.3 is 0 Å². The zero-order valence-electron chi connectivity index (χ0n) is 8.99. The molecule has 0 atom stereocenters. The summed E-state index contributed by atoms with van der Waals surface area (Å²) < 4.78 is 4.98. The van der Waals surface area contributed by atoms with E-state index in [1.807, 2.05) is 11.9 Å². The van der Waals surface area contributed by atoms with E-state index in [1.54, 1.807) is 7.11 Å². The van der Waals surface area contributed by atoms with Crippen molar-refractivity contribution in [3.05, 3.63) is 11.4 Å². The number of likely N-dealkylation sites (N-methyl/N-ethyl adjacent to an activating group) is 1. The van der Waals surface area contributed by atoms with Gasteiger partial charge in [0.05, 0.1) is 6.61 Å². The number of rotatable bonds is 5. The van der Waals surface area contributed by atoms with Crippen LogP contribution in [0, 0.1) is 0 Å². The molecule has 4 nitrogen and oxygen atoms in total. The van der Waals surface area contributed by atoms with Crippen LogP contribution in [0.5, 0.6) is 0 Å². The van der Waals surface area contributed by atoms with Crippen LogP contribution in [-0.2, 0) is 9.53 Å². The number of ether oxygens (including phenoxy) is 1. The molecule has 0 aliphatic carbocycles. The smallest absolute Gasteiger partial charge is 0.170 e. The molecule has 0 aromatic carbocycles. The van der Waals surface area contributed by atoms with Crippen molar-refractivity contribution in [1.29, 1.82) is 0 Å². The fraction of sp³-hybridized carbons (Fsp3) is 0.600. The van der Waals surface area contributed by atoms with Crippen LogP contribution in [-0.4, -0.2) is 43.7 Å². The number of aliphatic imine (C=N–C) groups is 1. The number of aldehydes is 1. The predicted octanol–water partition coefficient (Wildman–Crippen LogP) is 1.41. The van der Waals surface area contributed by atoms with Gasteiger partial charge in [0, 0.05) is 32.8 Å². The summed E-state index contributed by atoms with van der Waals surface area (Å²) in [6.45, 7) is 1.37. The van der Waals surface area contributed by atoms with Gasteiger partial charge in [0.25, 0.3) is 0 Å². The average Bonchev–Trinajstić information content (AvgIpc) is 2.25. The quantitative estimate of drug-likeness (QED) is 0.671. The first kappa shape index (κ1) is 12.2. The van der Waals surface area contributed by atoms with Crippen molar-refractivity contribution in [3.8, 4) is 0 Å². The summed E-state index contributed by atoms with van der Waals surface area (Å²) in [4.78, 5) is 16.8. The topological polar surface area (TPSA) is 41.9 Å². The molecule has 1 aliphatic rings. The SMILES string of the molecule is COCCN(C)C1=C(C=O)N=C(Cl)CC1. The Kier molecular flexibility index (Phi) is 4.78. The number of methoxy groups -OCH3 is 1. The third kappa shape index (κ3) is 3.32. The summed E-state index contributed by atoms with van der Waals surface area (Å²) >= 11 is 5.78. The van der Waals surface area contributed by atoms with Gasteiger partial charge in [-0.15, -0.1) is 0 Å². The Balaban J connectivity index is 2.76. The molecule has 0 saturated heterocycles. The molecule has 0 amide bonds. The largest absolute Gasteiger partial charge is 0.383 e. The highest BCUT2D eigenvalue weighted by molar-refractivity contribution is 6.65. The van der Waals surface area contributed by atoms with E-state index in [1.165, 1.54) is 0 Å². The fourth-order valence-electron chi connectivity index (χ4n) is 1.44. The molecule has 15 heavy (non-hydrogen) atoms. The Morgan fingerprint density at radius 2 is 2.33 bits per heavy atom. The molecule has 0 bridgehead atoms. The minimum absolute atomic E-state index is 0.435. The molecule has 0 aromatic rings. The number of halogens is 1. The number of carbonyl (C=O) groups excluding carboxylic acids is 1. The molecule has 0 fully saturated rings. The van der Waals surface area contributed by atoms with Crippen LogP contribution < -0.4 is 0 Å². The Morgan fingerprint density at radius 1 is 1.60 bits per heavy atom. The summed E-state index contributed by atoms with van der Waals surface area (Å²) in [5.41, 5.74) is 1.37. The Hall–Kier alpha value is -0.870. The van der Waals surface area contributed by atoms with Crippen LogP contribution in [0.1, 0.15) is 12.8 Å². The van der Waals surface area contributed by atoms with Crippen molar-refractivity contribution in [3.63, 3.8) is 0 Å². The molecule has 0 aromatic heterocycles. The number of hydrogen-bond donors (Lipinski definition) is 0. The van der Waals surface area contributed by atoms with E-state index in [2.05, 4.69) is 4.99 Å². The minimum atomic E-state index is 0.435. The lowest BCUT2D eigenvalue weighted by atomic mass is 10.1. The Bertz CT molecular complexity index is 300. The van der Waals surface area contributed by atoms with E-state index in [0.29, 0.717) is 23.9 Å². The van der Waals surface area contributed by atoms with Gasteiger partial charge in [0.1, 0.15) is 10.9 Å². The van der Waals surface area contributed by atoms with Crippen molar-refractivity contribution >= 4 is 23.1 Å². The molecule has 1 rings (SSSR count). The van der Waals surface area contributed by atoms with Gasteiger partial charge in [0.15, 0.2) is 6.29 Å². The number of carbonyl (C=O) groups is 1. The molecule has 1 heterocycles. The normalized spacial score (nSPS) is 16.3. The molecular formula is C10H15ClN2O2. The van der Waals surface area contributed by atoms with Crippen molar-refractivity contribution in [2.75, 3.05) is 27.3 Å². The van der Waals surface area contributed by atoms with Gasteiger partial charge in [-0.3, -0.25) is 4.79 Å². The first-order valence-corrected chi connectivity index (χ1v) is 5.18. The van der Waals surface area contributed by atoms with E-state index < -0.39 is 0 Å². The first-order chi connectivity index (χ1) is 7.19. The Morgan fingerprint density at radius 3 is 2.93 bits per heavy atom. The average molecular weight is 231 g/mol. The third-order valence-electron chi connectivity index (χ3n) is 2.31. The van der Waals surface area contributed by atoms with Crippen LogP contribution in [0.2, 0.25) is 0 Å². The standard InChI is InChI=1S/C10H15ClN2O2/c1-13(5-6-15-2)9-3-4-10(11)12-8(9)7-14/h7H,3-6H2,1-2H3. The van der Waals surface area contributed by atoms with Crippen LogP contribution in [0.15, 0.2) is 16.4 Å². The number of hydrogen-bond acceptors (Lipinski definition) is 4. The Labute approximate surface area is 94.6 Å². The van der Waals surface area contributed by atoms with Gasteiger partial charge in [-0.05, 0) is 6.42 Å². The maximum atomic E-state index is 10.8. The second kappa shape index (κ2) is 5.88. The summed E-state index contributed by atoms with van der Waals surface area (Å²) in [6, 6.07) is 0. The van der Waals surface area contributed by atoms with Crippen LogP contribution in [0.25, 0.3) is 0 Å².